The smallest absolute Gasteiger partial charge is 0.159 e. The molecule has 5 heteroatoms. The average molecular weight is 280 g/mol. The first-order valence-electron chi connectivity index (χ1n) is 6.11. The summed E-state index contributed by atoms with van der Waals surface area (Å²) in [6, 6.07) is 6.43. The van der Waals surface area contributed by atoms with Gasteiger partial charge in [-0.1, -0.05) is 18.5 Å². The summed E-state index contributed by atoms with van der Waals surface area (Å²) in [6.45, 7) is 5.50. The summed E-state index contributed by atoms with van der Waals surface area (Å²) >= 11 is 5.78. The maximum atomic E-state index is 13.2. The van der Waals surface area contributed by atoms with Crippen molar-refractivity contribution in [2.75, 3.05) is 6.54 Å². The largest absolute Gasteiger partial charge is 0.311 e. The van der Waals surface area contributed by atoms with Crippen molar-refractivity contribution in [2.45, 2.75) is 20.4 Å². The monoisotopic (exact) mass is 279 g/mol. The van der Waals surface area contributed by atoms with Gasteiger partial charge >= 0.3 is 0 Å². The highest BCUT2D eigenvalue weighted by Gasteiger charge is 2.07. The lowest BCUT2D eigenvalue weighted by molar-refractivity contribution is 0.628. The van der Waals surface area contributed by atoms with Crippen LogP contribution in [0.5, 0.6) is 0 Å². The molecule has 0 radical (unpaired) electrons. The van der Waals surface area contributed by atoms with Crippen LogP contribution in [0.25, 0.3) is 11.4 Å². The molecule has 1 aromatic carbocycles. The zero-order chi connectivity index (χ0) is 13.8. The van der Waals surface area contributed by atoms with E-state index >= 15 is 0 Å². The fourth-order valence-corrected chi connectivity index (χ4v) is 1.92. The summed E-state index contributed by atoms with van der Waals surface area (Å²) in [6.07, 6.45) is 0. The minimum atomic E-state index is -0.439. The highest BCUT2D eigenvalue weighted by molar-refractivity contribution is 6.31. The van der Waals surface area contributed by atoms with Gasteiger partial charge in [0.25, 0.3) is 0 Å². The molecule has 0 aliphatic rings. The summed E-state index contributed by atoms with van der Waals surface area (Å²) in [5.74, 6) is 0.126. The van der Waals surface area contributed by atoms with E-state index in [-0.39, 0.29) is 5.02 Å². The van der Waals surface area contributed by atoms with Gasteiger partial charge in [0.05, 0.1) is 10.7 Å². The third kappa shape index (κ3) is 3.49. The normalized spacial score (nSPS) is 10.7. The van der Waals surface area contributed by atoms with E-state index in [0.29, 0.717) is 17.9 Å². The Labute approximate surface area is 116 Å². The van der Waals surface area contributed by atoms with E-state index in [4.69, 9.17) is 11.6 Å². The molecule has 0 spiro atoms. The minimum absolute atomic E-state index is 0.0795. The molecular weight excluding hydrogens is 265 g/mol. The van der Waals surface area contributed by atoms with Crippen LogP contribution in [0.2, 0.25) is 5.02 Å². The fraction of sp³-hybridized carbons (Fsp3) is 0.286. The van der Waals surface area contributed by atoms with E-state index in [9.17, 15) is 4.39 Å². The van der Waals surface area contributed by atoms with E-state index < -0.39 is 5.82 Å². The number of aryl methyl sites for hydroxylation is 1. The molecule has 2 rings (SSSR count). The van der Waals surface area contributed by atoms with Crippen molar-refractivity contribution in [3.63, 3.8) is 0 Å². The summed E-state index contributed by atoms with van der Waals surface area (Å²) in [7, 11) is 0. The van der Waals surface area contributed by atoms with Crippen molar-refractivity contribution in [1.29, 1.82) is 0 Å². The van der Waals surface area contributed by atoms with Crippen LogP contribution >= 0.6 is 11.6 Å². The zero-order valence-electron chi connectivity index (χ0n) is 10.9. The van der Waals surface area contributed by atoms with Crippen LogP contribution in [-0.4, -0.2) is 16.5 Å². The van der Waals surface area contributed by atoms with E-state index in [2.05, 4.69) is 15.3 Å². The summed E-state index contributed by atoms with van der Waals surface area (Å²) in [4.78, 5) is 8.82. The third-order valence-electron chi connectivity index (χ3n) is 2.64. The van der Waals surface area contributed by atoms with Crippen molar-refractivity contribution in [3.8, 4) is 11.4 Å². The first kappa shape index (κ1) is 13.9. The molecule has 1 N–H and O–H groups in total. The molecule has 0 bridgehead atoms. The van der Waals surface area contributed by atoms with Crippen LogP contribution < -0.4 is 5.32 Å². The molecular formula is C14H15ClFN3. The number of hydrogen-bond donors (Lipinski definition) is 1. The molecule has 0 fully saturated rings. The average Bonchev–Trinajstić information content (AvgIpc) is 2.39. The third-order valence-corrected chi connectivity index (χ3v) is 2.93. The van der Waals surface area contributed by atoms with Gasteiger partial charge in [-0.2, -0.15) is 0 Å². The second kappa shape index (κ2) is 6.08. The van der Waals surface area contributed by atoms with Crippen molar-refractivity contribution >= 4 is 11.6 Å². The maximum Gasteiger partial charge on any atom is 0.159 e. The predicted octanol–water partition coefficient (Wildman–Crippen LogP) is 3.35. The van der Waals surface area contributed by atoms with Gasteiger partial charge in [0.2, 0.25) is 0 Å². The summed E-state index contributed by atoms with van der Waals surface area (Å²) in [5, 5.41) is 3.29. The Kier molecular flexibility index (Phi) is 4.45. The highest BCUT2D eigenvalue weighted by atomic mass is 35.5. The van der Waals surface area contributed by atoms with Gasteiger partial charge in [0.1, 0.15) is 5.82 Å². The van der Waals surface area contributed by atoms with E-state index in [1.54, 1.807) is 12.1 Å². The Hall–Kier alpha value is -1.52. The van der Waals surface area contributed by atoms with Crippen LogP contribution in [-0.2, 0) is 6.54 Å². The van der Waals surface area contributed by atoms with Gasteiger partial charge in [-0.15, -0.1) is 0 Å². The Bertz CT molecular complexity index is 587. The van der Waals surface area contributed by atoms with Crippen molar-refractivity contribution in [2.24, 2.45) is 0 Å². The van der Waals surface area contributed by atoms with Crippen LogP contribution in [0.4, 0.5) is 4.39 Å². The lowest BCUT2D eigenvalue weighted by atomic mass is 10.2. The van der Waals surface area contributed by atoms with Crippen LogP contribution in [0.1, 0.15) is 18.3 Å². The standard InChI is InChI=1S/C14H15ClFN3/c1-3-17-8-11-6-9(2)18-14(19-11)10-4-5-13(16)12(15)7-10/h4-7,17H,3,8H2,1-2H3. The van der Waals surface area contributed by atoms with Crippen molar-refractivity contribution in [3.05, 3.63) is 46.5 Å². The van der Waals surface area contributed by atoms with Gasteiger partial charge < -0.3 is 5.32 Å². The molecule has 1 heterocycles. The molecule has 0 aliphatic carbocycles. The molecule has 0 saturated carbocycles. The van der Waals surface area contributed by atoms with Gasteiger partial charge in [-0.25, -0.2) is 14.4 Å². The van der Waals surface area contributed by atoms with E-state index in [1.165, 1.54) is 6.07 Å². The summed E-state index contributed by atoms with van der Waals surface area (Å²) < 4.78 is 13.2. The predicted molar refractivity (Wildman–Crippen MR) is 74.6 cm³/mol. The SMILES string of the molecule is CCNCc1cc(C)nc(-c2ccc(F)c(Cl)c2)n1. The number of nitrogens with zero attached hydrogens (tertiary/aromatic N) is 2. The number of benzene rings is 1. The molecule has 2 aromatic rings. The number of rotatable bonds is 4. The molecule has 0 atom stereocenters. The molecule has 19 heavy (non-hydrogen) atoms. The molecule has 0 amide bonds. The Balaban J connectivity index is 2.37. The second-order valence-electron chi connectivity index (χ2n) is 4.23. The molecule has 0 unspecified atom stereocenters. The van der Waals surface area contributed by atoms with Crippen LogP contribution in [0, 0.1) is 12.7 Å². The Morgan fingerprint density at radius 3 is 2.74 bits per heavy atom. The first-order valence-corrected chi connectivity index (χ1v) is 6.48. The minimum Gasteiger partial charge on any atom is -0.311 e. The molecule has 0 aliphatic heterocycles. The van der Waals surface area contributed by atoms with E-state index in [1.807, 2.05) is 19.9 Å². The van der Waals surface area contributed by atoms with Gasteiger partial charge in [-0.3, -0.25) is 0 Å². The number of nitrogens with one attached hydrogen (secondary N) is 1. The van der Waals surface area contributed by atoms with Crippen molar-refractivity contribution < 1.29 is 4.39 Å². The maximum absolute atomic E-state index is 13.2. The zero-order valence-corrected chi connectivity index (χ0v) is 11.6. The van der Waals surface area contributed by atoms with Gasteiger partial charge in [-0.05, 0) is 37.7 Å². The number of hydrogen-bond acceptors (Lipinski definition) is 3. The first-order chi connectivity index (χ1) is 9.10. The quantitative estimate of drug-likeness (QED) is 0.933. The van der Waals surface area contributed by atoms with Gasteiger partial charge in [0.15, 0.2) is 5.82 Å². The topological polar surface area (TPSA) is 37.8 Å². The Morgan fingerprint density at radius 1 is 1.26 bits per heavy atom. The fourth-order valence-electron chi connectivity index (χ4n) is 1.74. The van der Waals surface area contributed by atoms with E-state index in [0.717, 1.165) is 17.9 Å². The lowest BCUT2D eigenvalue weighted by Gasteiger charge is -2.07. The van der Waals surface area contributed by atoms with Crippen LogP contribution in [0.15, 0.2) is 24.3 Å². The Morgan fingerprint density at radius 2 is 2.05 bits per heavy atom. The van der Waals surface area contributed by atoms with Crippen molar-refractivity contribution in [1.82, 2.24) is 15.3 Å². The number of aromatic nitrogens is 2. The second-order valence-corrected chi connectivity index (χ2v) is 4.64. The van der Waals surface area contributed by atoms with Gasteiger partial charge in [0, 0.05) is 17.8 Å². The molecule has 3 nitrogen and oxygen atoms in total. The highest BCUT2D eigenvalue weighted by Crippen LogP contribution is 2.22. The molecule has 100 valence electrons. The number of halogens is 2. The summed E-state index contributed by atoms with van der Waals surface area (Å²) in [5.41, 5.74) is 2.50. The lowest BCUT2D eigenvalue weighted by Crippen LogP contribution is -2.13. The van der Waals surface area contributed by atoms with Crippen LogP contribution in [0.3, 0.4) is 0 Å². The molecule has 0 saturated heterocycles. The molecule has 1 aromatic heterocycles.